The standard InChI is InChI=1S/C15H6Cl4O2/c16-8-4-7-5-12(21-15(7)11(18)6-8)14(20)9-2-1-3-10(17)13(9)19/h1-6H. The Morgan fingerprint density at radius 2 is 1.71 bits per heavy atom. The third-order valence-corrected chi connectivity index (χ3v) is 4.27. The number of hydrogen-bond acceptors (Lipinski definition) is 2. The van der Waals surface area contributed by atoms with E-state index in [4.69, 9.17) is 50.8 Å². The molecule has 106 valence electrons. The minimum absolute atomic E-state index is 0.123. The highest BCUT2D eigenvalue weighted by Crippen LogP contribution is 2.33. The number of carbonyl (C=O) groups is 1. The predicted molar refractivity (Wildman–Crippen MR) is 86.1 cm³/mol. The van der Waals surface area contributed by atoms with Crippen LogP contribution in [-0.2, 0) is 0 Å². The minimum atomic E-state index is -0.370. The van der Waals surface area contributed by atoms with Crippen LogP contribution < -0.4 is 0 Å². The molecule has 0 aliphatic rings. The first-order chi connectivity index (χ1) is 9.97. The van der Waals surface area contributed by atoms with Crippen molar-refractivity contribution in [3.05, 3.63) is 67.8 Å². The first-order valence-corrected chi connectivity index (χ1v) is 7.36. The van der Waals surface area contributed by atoms with Gasteiger partial charge in [0.05, 0.1) is 15.1 Å². The van der Waals surface area contributed by atoms with E-state index in [0.29, 0.717) is 26.0 Å². The van der Waals surface area contributed by atoms with Crippen LogP contribution in [0.25, 0.3) is 11.0 Å². The number of furan rings is 1. The highest BCUT2D eigenvalue weighted by atomic mass is 35.5. The van der Waals surface area contributed by atoms with Crippen LogP contribution in [0.4, 0.5) is 0 Å². The van der Waals surface area contributed by atoms with E-state index in [1.807, 2.05) is 0 Å². The van der Waals surface area contributed by atoms with E-state index in [0.717, 1.165) is 0 Å². The fourth-order valence-electron chi connectivity index (χ4n) is 2.00. The molecule has 0 amide bonds. The molecule has 1 aromatic heterocycles. The summed E-state index contributed by atoms with van der Waals surface area (Å²) in [7, 11) is 0. The number of rotatable bonds is 2. The van der Waals surface area contributed by atoms with Gasteiger partial charge in [0.15, 0.2) is 11.3 Å². The normalized spacial score (nSPS) is 11.0. The molecule has 0 unspecified atom stereocenters. The molecule has 0 bridgehead atoms. The second-order valence-electron chi connectivity index (χ2n) is 4.35. The van der Waals surface area contributed by atoms with Crippen molar-refractivity contribution in [3.8, 4) is 0 Å². The fraction of sp³-hybridized carbons (Fsp3) is 0. The van der Waals surface area contributed by atoms with Gasteiger partial charge < -0.3 is 4.42 Å². The molecule has 2 aromatic carbocycles. The molecule has 0 radical (unpaired) electrons. The summed E-state index contributed by atoms with van der Waals surface area (Å²) in [6, 6.07) is 9.63. The lowest BCUT2D eigenvalue weighted by atomic mass is 10.1. The monoisotopic (exact) mass is 358 g/mol. The van der Waals surface area contributed by atoms with Gasteiger partial charge in [0.2, 0.25) is 5.78 Å². The third kappa shape index (κ3) is 2.65. The summed E-state index contributed by atoms with van der Waals surface area (Å²) in [6.07, 6.45) is 0. The summed E-state index contributed by atoms with van der Waals surface area (Å²) in [5, 5.41) is 1.95. The molecule has 0 aliphatic heterocycles. The SMILES string of the molecule is O=C(c1cc2cc(Cl)cc(Cl)c2o1)c1cccc(Cl)c1Cl. The third-order valence-electron chi connectivity index (χ3n) is 2.96. The largest absolute Gasteiger partial charge is 0.451 e. The fourth-order valence-corrected chi connectivity index (χ4v) is 2.93. The summed E-state index contributed by atoms with van der Waals surface area (Å²) in [4.78, 5) is 12.5. The number of hydrogen-bond donors (Lipinski definition) is 0. The number of carbonyl (C=O) groups excluding carboxylic acids is 1. The smallest absolute Gasteiger partial charge is 0.229 e. The molecule has 0 spiro atoms. The molecule has 0 N–H and O–H groups in total. The zero-order chi connectivity index (χ0) is 15.1. The topological polar surface area (TPSA) is 30.2 Å². The number of ketones is 1. The van der Waals surface area contributed by atoms with E-state index >= 15 is 0 Å². The van der Waals surface area contributed by atoms with Gasteiger partial charge in [-0.15, -0.1) is 0 Å². The van der Waals surface area contributed by atoms with E-state index in [1.165, 1.54) is 0 Å². The predicted octanol–water partition coefficient (Wildman–Crippen LogP) is 6.28. The molecule has 3 aromatic rings. The van der Waals surface area contributed by atoms with Gasteiger partial charge >= 0.3 is 0 Å². The summed E-state index contributed by atoms with van der Waals surface area (Å²) < 4.78 is 5.52. The highest BCUT2D eigenvalue weighted by molar-refractivity contribution is 6.44. The van der Waals surface area contributed by atoms with Crippen molar-refractivity contribution in [3.63, 3.8) is 0 Å². The molecule has 0 atom stereocenters. The zero-order valence-corrected chi connectivity index (χ0v) is 13.3. The van der Waals surface area contributed by atoms with Crippen LogP contribution >= 0.6 is 46.4 Å². The quantitative estimate of drug-likeness (QED) is 0.504. The Labute approximate surface area is 140 Å². The van der Waals surface area contributed by atoms with Crippen molar-refractivity contribution in [1.82, 2.24) is 0 Å². The molecular weight excluding hydrogens is 354 g/mol. The van der Waals surface area contributed by atoms with Crippen molar-refractivity contribution >= 4 is 63.2 Å². The van der Waals surface area contributed by atoms with Crippen LogP contribution in [-0.4, -0.2) is 5.78 Å². The minimum Gasteiger partial charge on any atom is -0.451 e. The second-order valence-corrected chi connectivity index (χ2v) is 5.98. The molecule has 6 heteroatoms. The van der Waals surface area contributed by atoms with Gasteiger partial charge in [-0.3, -0.25) is 4.79 Å². The van der Waals surface area contributed by atoms with Gasteiger partial charge in [-0.1, -0.05) is 52.5 Å². The molecule has 0 fully saturated rings. The maximum Gasteiger partial charge on any atom is 0.229 e. The van der Waals surface area contributed by atoms with E-state index in [2.05, 4.69) is 0 Å². The van der Waals surface area contributed by atoms with E-state index in [9.17, 15) is 4.79 Å². The lowest BCUT2D eigenvalue weighted by molar-refractivity contribution is 0.101. The Morgan fingerprint density at radius 1 is 0.952 bits per heavy atom. The van der Waals surface area contributed by atoms with E-state index in [1.54, 1.807) is 36.4 Å². The Bertz CT molecular complexity index is 867. The number of benzene rings is 2. The van der Waals surface area contributed by atoms with E-state index < -0.39 is 0 Å². The Balaban J connectivity index is 2.14. The molecule has 0 saturated heterocycles. The molecular formula is C15H6Cl4O2. The summed E-state index contributed by atoms with van der Waals surface area (Å²) >= 11 is 23.9. The Kier molecular flexibility index (Phi) is 3.89. The highest BCUT2D eigenvalue weighted by Gasteiger charge is 2.19. The van der Waals surface area contributed by atoms with Crippen molar-refractivity contribution < 1.29 is 9.21 Å². The van der Waals surface area contributed by atoms with Gasteiger partial charge in [0.1, 0.15) is 0 Å². The molecule has 1 heterocycles. The molecule has 0 aliphatic carbocycles. The molecule has 2 nitrogen and oxygen atoms in total. The molecule has 3 rings (SSSR count). The van der Waals surface area contributed by atoms with Crippen molar-refractivity contribution in [2.45, 2.75) is 0 Å². The number of fused-ring (bicyclic) bond motifs is 1. The van der Waals surface area contributed by atoms with Crippen LogP contribution in [0.2, 0.25) is 20.1 Å². The molecule has 0 saturated carbocycles. The van der Waals surface area contributed by atoms with E-state index in [-0.39, 0.29) is 22.1 Å². The lowest BCUT2D eigenvalue weighted by Crippen LogP contribution is -2.00. The van der Waals surface area contributed by atoms with Crippen LogP contribution in [0, 0.1) is 0 Å². The van der Waals surface area contributed by atoms with Gasteiger partial charge in [-0.05, 0) is 30.3 Å². The average Bonchev–Trinajstić information content (AvgIpc) is 2.85. The summed E-state index contributed by atoms with van der Waals surface area (Å²) in [5.74, 6) is -0.246. The number of halogens is 4. The lowest BCUT2D eigenvalue weighted by Gasteiger charge is -2.02. The first kappa shape index (κ1) is 14.7. The Hall–Kier alpha value is -1.19. The maximum absolute atomic E-state index is 12.5. The Morgan fingerprint density at radius 3 is 2.48 bits per heavy atom. The second kappa shape index (κ2) is 5.54. The van der Waals surface area contributed by atoms with Crippen molar-refractivity contribution in [2.24, 2.45) is 0 Å². The zero-order valence-electron chi connectivity index (χ0n) is 10.3. The van der Waals surface area contributed by atoms with Gasteiger partial charge in [-0.25, -0.2) is 0 Å². The van der Waals surface area contributed by atoms with Gasteiger partial charge in [-0.2, -0.15) is 0 Å². The summed E-state index contributed by atoms with van der Waals surface area (Å²) in [5.41, 5.74) is 0.674. The van der Waals surface area contributed by atoms with Gasteiger partial charge in [0, 0.05) is 16.0 Å². The van der Waals surface area contributed by atoms with Crippen molar-refractivity contribution in [1.29, 1.82) is 0 Å². The molecule has 21 heavy (non-hydrogen) atoms. The summed E-state index contributed by atoms with van der Waals surface area (Å²) in [6.45, 7) is 0. The van der Waals surface area contributed by atoms with Crippen LogP contribution in [0.15, 0.2) is 40.8 Å². The average molecular weight is 360 g/mol. The first-order valence-electron chi connectivity index (χ1n) is 5.84. The van der Waals surface area contributed by atoms with Crippen LogP contribution in [0.3, 0.4) is 0 Å². The van der Waals surface area contributed by atoms with Crippen LogP contribution in [0.5, 0.6) is 0 Å². The maximum atomic E-state index is 12.5. The van der Waals surface area contributed by atoms with Gasteiger partial charge in [0.25, 0.3) is 0 Å². The van der Waals surface area contributed by atoms with Crippen LogP contribution in [0.1, 0.15) is 16.1 Å². The van der Waals surface area contributed by atoms with Crippen molar-refractivity contribution in [2.75, 3.05) is 0 Å².